The summed E-state index contributed by atoms with van der Waals surface area (Å²) in [5.41, 5.74) is 9.40. The van der Waals surface area contributed by atoms with E-state index in [1.807, 2.05) is 12.1 Å². The molecular weight excluding hydrogens is 208 g/mol. The number of aromatic nitrogens is 1. The Hall–Kier alpha value is -1.83. The Morgan fingerprint density at radius 1 is 1.18 bits per heavy atom. The zero-order valence-corrected chi connectivity index (χ0v) is 10.4. The Labute approximate surface area is 103 Å². The highest BCUT2D eigenvalue weighted by Gasteiger charge is 2.04. The minimum absolute atomic E-state index is 0.592. The van der Waals surface area contributed by atoms with Crippen molar-refractivity contribution in [1.29, 1.82) is 0 Å². The molecule has 17 heavy (non-hydrogen) atoms. The van der Waals surface area contributed by atoms with Gasteiger partial charge in [0.2, 0.25) is 0 Å². The maximum Gasteiger partial charge on any atom is 0.131 e. The minimum atomic E-state index is 0.592. The van der Waals surface area contributed by atoms with Crippen LogP contribution in [-0.4, -0.2) is 4.98 Å². The summed E-state index contributed by atoms with van der Waals surface area (Å²) in [7, 11) is 0. The number of benzene rings is 1. The molecule has 2 nitrogen and oxygen atoms in total. The summed E-state index contributed by atoms with van der Waals surface area (Å²) in [6.07, 6.45) is 2.81. The average Bonchev–Trinajstić information content (AvgIpc) is 2.29. The number of hydrogen-bond donors (Lipinski definition) is 1. The molecule has 1 aromatic carbocycles. The van der Waals surface area contributed by atoms with Crippen molar-refractivity contribution in [2.75, 3.05) is 5.73 Å². The normalized spacial score (nSPS) is 10.8. The number of anilines is 1. The van der Waals surface area contributed by atoms with Crippen molar-refractivity contribution >= 4 is 5.82 Å². The average molecular weight is 226 g/mol. The predicted molar refractivity (Wildman–Crippen MR) is 72.6 cm³/mol. The van der Waals surface area contributed by atoms with E-state index in [4.69, 9.17) is 5.73 Å². The SMILES string of the molecule is CC(C)Cc1cccc(-c2cccnc2N)c1. The van der Waals surface area contributed by atoms with Crippen LogP contribution < -0.4 is 5.73 Å². The van der Waals surface area contributed by atoms with E-state index in [1.165, 1.54) is 5.56 Å². The molecule has 0 aliphatic heterocycles. The highest BCUT2D eigenvalue weighted by Crippen LogP contribution is 2.25. The van der Waals surface area contributed by atoms with E-state index < -0.39 is 0 Å². The largest absolute Gasteiger partial charge is 0.383 e. The van der Waals surface area contributed by atoms with Crippen molar-refractivity contribution < 1.29 is 0 Å². The van der Waals surface area contributed by atoms with Crippen LogP contribution in [0.2, 0.25) is 0 Å². The van der Waals surface area contributed by atoms with Gasteiger partial charge in [0.25, 0.3) is 0 Å². The second-order valence-corrected chi connectivity index (χ2v) is 4.73. The second-order valence-electron chi connectivity index (χ2n) is 4.73. The van der Waals surface area contributed by atoms with Crippen LogP contribution in [-0.2, 0) is 6.42 Å². The first kappa shape index (κ1) is 11.6. The fourth-order valence-electron chi connectivity index (χ4n) is 2.00. The zero-order chi connectivity index (χ0) is 12.3. The van der Waals surface area contributed by atoms with Gasteiger partial charge in [-0.05, 0) is 35.6 Å². The van der Waals surface area contributed by atoms with E-state index in [0.717, 1.165) is 17.5 Å². The van der Waals surface area contributed by atoms with Crippen molar-refractivity contribution in [1.82, 2.24) is 4.98 Å². The van der Waals surface area contributed by atoms with E-state index in [0.29, 0.717) is 11.7 Å². The van der Waals surface area contributed by atoms with Crippen LogP contribution >= 0.6 is 0 Å². The number of nitrogen functional groups attached to an aromatic ring is 1. The lowest BCUT2D eigenvalue weighted by Gasteiger charge is -2.08. The molecule has 2 aromatic rings. The molecule has 0 spiro atoms. The molecule has 0 saturated carbocycles. The van der Waals surface area contributed by atoms with Gasteiger partial charge in [-0.2, -0.15) is 0 Å². The van der Waals surface area contributed by atoms with Crippen LogP contribution in [0.4, 0.5) is 5.82 Å². The van der Waals surface area contributed by atoms with Crippen molar-refractivity contribution in [3.05, 3.63) is 48.2 Å². The molecule has 0 radical (unpaired) electrons. The molecule has 0 amide bonds. The summed E-state index contributed by atoms with van der Waals surface area (Å²) >= 11 is 0. The quantitative estimate of drug-likeness (QED) is 0.869. The first-order valence-corrected chi connectivity index (χ1v) is 5.96. The molecule has 1 heterocycles. The third kappa shape index (κ3) is 2.84. The van der Waals surface area contributed by atoms with Gasteiger partial charge in [0.1, 0.15) is 5.82 Å². The zero-order valence-electron chi connectivity index (χ0n) is 10.4. The van der Waals surface area contributed by atoms with E-state index in [9.17, 15) is 0 Å². The van der Waals surface area contributed by atoms with Crippen LogP contribution in [0.1, 0.15) is 19.4 Å². The molecule has 0 saturated heterocycles. The monoisotopic (exact) mass is 226 g/mol. The Balaban J connectivity index is 2.37. The Morgan fingerprint density at radius 3 is 2.71 bits per heavy atom. The summed E-state index contributed by atoms with van der Waals surface area (Å²) in [6, 6.07) is 12.5. The summed E-state index contributed by atoms with van der Waals surface area (Å²) in [4.78, 5) is 4.12. The van der Waals surface area contributed by atoms with Gasteiger partial charge in [-0.25, -0.2) is 4.98 Å². The van der Waals surface area contributed by atoms with Crippen molar-refractivity contribution in [2.45, 2.75) is 20.3 Å². The number of pyridine rings is 1. The van der Waals surface area contributed by atoms with Gasteiger partial charge in [-0.15, -0.1) is 0 Å². The molecule has 88 valence electrons. The number of nitrogens with zero attached hydrogens (tertiary/aromatic N) is 1. The van der Waals surface area contributed by atoms with Crippen molar-refractivity contribution in [2.24, 2.45) is 5.92 Å². The van der Waals surface area contributed by atoms with Crippen LogP contribution in [0, 0.1) is 5.92 Å². The first-order chi connectivity index (χ1) is 8.16. The van der Waals surface area contributed by atoms with Crippen LogP contribution in [0.5, 0.6) is 0 Å². The minimum Gasteiger partial charge on any atom is -0.383 e. The van der Waals surface area contributed by atoms with Gasteiger partial charge < -0.3 is 5.73 Å². The molecule has 0 aliphatic rings. The maximum absolute atomic E-state index is 5.89. The number of nitrogens with two attached hydrogens (primary N) is 1. The Morgan fingerprint density at radius 2 is 2.00 bits per heavy atom. The van der Waals surface area contributed by atoms with Gasteiger partial charge in [0, 0.05) is 11.8 Å². The fourth-order valence-corrected chi connectivity index (χ4v) is 2.00. The van der Waals surface area contributed by atoms with Crippen LogP contribution in [0.25, 0.3) is 11.1 Å². The summed E-state index contributed by atoms with van der Waals surface area (Å²) in [5.74, 6) is 1.26. The third-order valence-electron chi connectivity index (χ3n) is 2.72. The molecule has 2 N–H and O–H groups in total. The fraction of sp³-hybridized carbons (Fsp3) is 0.267. The molecule has 0 fully saturated rings. The molecule has 0 aliphatic carbocycles. The van der Waals surface area contributed by atoms with Crippen molar-refractivity contribution in [3.8, 4) is 11.1 Å². The molecule has 2 rings (SSSR count). The summed E-state index contributed by atoms with van der Waals surface area (Å²) in [6.45, 7) is 4.45. The van der Waals surface area contributed by atoms with E-state index in [1.54, 1.807) is 6.20 Å². The van der Waals surface area contributed by atoms with Gasteiger partial charge in [-0.1, -0.05) is 38.1 Å². The molecule has 0 atom stereocenters. The van der Waals surface area contributed by atoms with Crippen molar-refractivity contribution in [3.63, 3.8) is 0 Å². The lowest BCUT2D eigenvalue weighted by atomic mass is 9.98. The Kier molecular flexibility index (Phi) is 3.43. The van der Waals surface area contributed by atoms with E-state index in [2.05, 4.69) is 43.1 Å². The highest BCUT2D eigenvalue weighted by molar-refractivity contribution is 5.73. The standard InChI is InChI=1S/C15H18N2/c1-11(2)9-12-5-3-6-13(10-12)14-7-4-8-17-15(14)16/h3-8,10-11H,9H2,1-2H3,(H2,16,17). The molecule has 0 unspecified atom stereocenters. The topological polar surface area (TPSA) is 38.9 Å². The van der Waals surface area contributed by atoms with Gasteiger partial charge in [0.15, 0.2) is 0 Å². The first-order valence-electron chi connectivity index (χ1n) is 5.96. The maximum atomic E-state index is 5.89. The van der Waals surface area contributed by atoms with Gasteiger partial charge >= 0.3 is 0 Å². The smallest absolute Gasteiger partial charge is 0.131 e. The molecule has 1 aromatic heterocycles. The summed E-state index contributed by atoms with van der Waals surface area (Å²) in [5, 5.41) is 0. The number of rotatable bonds is 3. The number of hydrogen-bond acceptors (Lipinski definition) is 2. The van der Waals surface area contributed by atoms with Gasteiger partial charge in [-0.3, -0.25) is 0 Å². The summed E-state index contributed by atoms with van der Waals surface area (Å²) < 4.78 is 0. The predicted octanol–water partition coefficient (Wildman–Crippen LogP) is 3.53. The van der Waals surface area contributed by atoms with Gasteiger partial charge in [0.05, 0.1) is 0 Å². The lowest BCUT2D eigenvalue weighted by Crippen LogP contribution is -1.96. The Bertz CT molecular complexity index is 504. The third-order valence-corrected chi connectivity index (χ3v) is 2.72. The highest BCUT2D eigenvalue weighted by atomic mass is 14.8. The lowest BCUT2D eigenvalue weighted by molar-refractivity contribution is 0.647. The van der Waals surface area contributed by atoms with E-state index in [-0.39, 0.29) is 0 Å². The molecule has 0 bridgehead atoms. The molecule has 2 heteroatoms. The van der Waals surface area contributed by atoms with Crippen LogP contribution in [0.3, 0.4) is 0 Å². The van der Waals surface area contributed by atoms with Crippen LogP contribution in [0.15, 0.2) is 42.6 Å². The molecular formula is C15H18N2. The second kappa shape index (κ2) is 5.00. The van der Waals surface area contributed by atoms with E-state index >= 15 is 0 Å².